The normalized spacial score (nSPS) is 16.1. The number of carbonyl (C=O) groups excluding carboxylic acids is 2. The Hall–Kier alpha value is -3.48. The van der Waals surface area contributed by atoms with Crippen LogP contribution >= 0.6 is 0 Å². The minimum Gasteiger partial charge on any atom is -0.507 e. The number of benzene rings is 2. The van der Waals surface area contributed by atoms with Crippen LogP contribution in [0.15, 0.2) is 48.0 Å². The second-order valence-corrected chi connectivity index (χ2v) is 11.4. The monoisotopic (exact) mass is 593 g/mol. The molecule has 43 heavy (non-hydrogen) atoms. The van der Waals surface area contributed by atoms with Gasteiger partial charge in [-0.3, -0.25) is 9.59 Å². The van der Waals surface area contributed by atoms with Crippen LogP contribution in [0.2, 0.25) is 0 Å². The molecule has 0 spiro atoms. The quantitative estimate of drug-likeness (QED) is 0.0716. The lowest BCUT2D eigenvalue weighted by molar-refractivity contribution is -0.139. The van der Waals surface area contributed by atoms with Gasteiger partial charge in [0.25, 0.3) is 11.7 Å². The van der Waals surface area contributed by atoms with Crippen LogP contribution in [0.3, 0.4) is 0 Å². The molecule has 1 fully saturated rings. The molecule has 2 aromatic rings. The first kappa shape index (κ1) is 34.0. The van der Waals surface area contributed by atoms with E-state index in [1.807, 2.05) is 6.07 Å². The van der Waals surface area contributed by atoms with Gasteiger partial charge in [0.2, 0.25) is 0 Å². The van der Waals surface area contributed by atoms with Crippen LogP contribution in [0.4, 0.5) is 0 Å². The fraction of sp³-hybridized carbons (Fsp3) is 0.556. The molecule has 0 aliphatic carbocycles. The van der Waals surface area contributed by atoms with Gasteiger partial charge in [-0.25, -0.2) is 0 Å². The number of nitrogens with zero attached hydrogens (tertiary/aromatic N) is 1. The maximum absolute atomic E-state index is 13.4. The molecule has 3 rings (SSSR count). The molecule has 1 aliphatic rings. The second-order valence-electron chi connectivity index (χ2n) is 11.4. The summed E-state index contributed by atoms with van der Waals surface area (Å²) in [7, 11) is 4.67. The van der Waals surface area contributed by atoms with E-state index in [0.717, 1.165) is 19.3 Å². The molecule has 1 amide bonds. The van der Waals surface area contributed by atoms with Gasteiger partial charge in [-0.1, -0.05) is 96.5 Å². The predicted molar refractivity (Wildman–Crippen MR) is 172 cm³/mol. The summed E-state index contributed by atoms with van der Waals surface area (Å²) in [4.78, 5) is 28.3. The highest BCUT2D eigenvalue weighted by Gasteiger charge is 2.46. The number of hydrogen-bond donors (Lipinski definition) is 1. The maximum Gasteiger partial charge on any atom is 0.295 e. The SMILES string of the molecule is CCCCCCCCCCCCCCCCN1C(=O)C(=O)C(=C(O)c2ccc(OC)cc2)[C@@H]1c1ccc(OC)c(OC)c1. The van der Waals surface area contributed by atoms with E-state index in [4.69, 9.17) is 14.2 Å². The average Bonchev–Trinajstić information content (AvgIpc) is 3.29. The first-order valence-electron chi connectivity index (χ1n) is 16.1. The van der Waals surface area contributed by atoms with E-state index in [-0.39, 0.29) is 11.3 Å². The summed E-state index contributed by atoms with van der Waals surface area (Å²) < 4.78 is 16.1. The van der Waals surface area contributed by atoms with Crippen molar-refractivity contribution in [3.8, 4) is 17.2 Å². The van der Waals surface area contributed by atoms with Gasteiger partial charge in [0.15, 0.2) is 11.5 Å². The predicted octanol–water partition coefficient (Wildman–Crippen LogP) is 8.62. The standard InChI is InChI=1S/C36H51NO6/c1-5-6-7-8-9-10-11-12-13-14-15-16-17-18-25-37-33(28-21-24-30(42-3)31(26-28)43-4)32(35(39)36(37)40)34(38)27-19-22-29(41-2)23-20-27/h19-24,26,33,38H,5-18,25H2,1-4H3/t33-/m0/s1. The molecule has 1 heterocycles. The van der Waals surface area contributed by atoms with Crippen LogP contribution in [0.25, 0.3) is 5.76 Å². The number of aliphatic hydroxyl groups is 1. The number of ketones is 1. The minimum atomic E-state index is -0.733. The number of unbranched alkanes of at least 4 members (excludes halogenated alkanes) is 13. The average molecular weight is 594 g/mol. The molecular formula is C36H51NO6. The molecule has 0 radical (unpaired) electrons. The van der Waals surface area contributed by atoms with Crippen molar-refractivity contribution in [3.63, 3.8) is 0 Å². The van der Waals surface area contributed by atoms with E-state index in [0.29, 0.717) is 34.9 Å². The summed E-state index contributed by atoms with van der Waals surface area (Å²) in [6.07, 6.45) is 17.4. The van der Waals surface area contributed by atoms with E-state index in [1.165, 1.54) is 70.6 Å². The number of aliphatic hydroxyl groups excluding tert-OH is 1. The molecule has 1 saturated heterocycles. The number of amides is 1. The van der Waals surface area contributed by atoms with Gasteiger partial charge < -0.3 is 24.2 Å². The Morgan fingerprint density at radius 2 is 1.23 bits per heavy atom. The van der Waals surface area contributed by atoms with Crippen LogP contribution in [0.1, 0.15) is 114 Å². The molecule has 236 valence electrons. The van der Waals surface area contributed by atoms with Gasteiger partial charge in [0.1, 0.15) is 11.5 Å². The maximum atomic E-state index is 13.4. The number of rotatable bonds is 20. The van der Waals surface area contributed by atoms with Crippen molar-refractivity contribution in [1.82, 2.24) is 4.90 Å². The Morgan fingerprint density at radius 1 is 0.698 bits per heavy atom. The number of Topliss-reactive ketones (excluding diaryl/α,β-unsaturated/α-hetero) is 1. The number of ether oxygens (including phenoxy) is 3. The first-order chi connectivity index (χ1) is 21.0. The van der Waals surface area contributed by atoms with Crippen molar-refractivity contribution in [1.29, 1.82) is 0 Å². The van der Waals surface area contributed by atoms with Gasteiger partial charge in [0, 0.05) is 12.1 Å². The van der Waals surface area contributed by atoms with E-state index in [9.17, 15) is 14.7 Å². The molecule has 0 saturated carbocycles. The molecule has 0 aromatic heterocycles. The fourth-order valence-electron chi connectivity index (χ4n) is 5.86. The van der Waals surface area contributed by atoms with Crippen LogP contribution in [-0.4, -0.2) is 49.6 Å². The smallest absolute Gasteiger partial charge is 0.295 e. The Balaban J connectivity index is 1.63. The third kappa shape index (κ3) is 9.50. The molecule has 2 aromatic carbocycles. The summed E-state index contributed by atoms with van der Waals surface area (Å²) >= 11 is 0. The molecule has 0 unspecified atom stereocenters. The summed E-state index contributed by atoms with van der Waals surface area (Å²) in [5, 5.41) is 11.3. The largest absolute Gasteiger partial charge is 0.507 e. The van der Waals surface area contributed by atoms with Crippen LogP contribution < -0.4 is 14.2 Å². The third-order valence-electron chi connectivity index (χ3n) is 8.38. The Labute approximate surface area is 258 Å². The van der Waals surface area contributed by atoms with Crippen LogP contribution in [-0.2, 0) is 9.59 Å². The number of hydrogen-bond acceptors (Lipinski definition) is 6. The van der Waals surface area contributed by atoms with E-state index >= 15 is 0 Å². The van der Waals surface area contributed by atoms with Crippen molar-refractivity contribution in [2.75, 3.05) is 27.9 Å². The van der Waals surface area contributed by atoms with Crippen molar-refractivity contribution < 1.29 is 28.9 Å². The lowest BCUT2D eigenvalue weighted by Crippen LogP contribution is -2.30. The van der Waals surface area contributed by atoms with Crippen molar-refractivity contribution in [2.45, 2.75) is 103 Å². The summed E-state index contributed by atoms with van der Waals surface area (Å²) in [5.74, 6) is 0.190. The van der Waals surface area contributed by atoms with Crippen LogP contribution in [0, 0.1) is 0 Å². The van der Waals surface area contributed by atoms with Crippen molar-refractivity contribution >= 4 is 17.4 Å². The first-order valence-corrected chi connectivity index (χ1v) is 16.1. The van der Waals surface area contributed by atoms with Crippen molar-refractivity contribution in [2.24, 2.45) is 0 Å². The minimum absolute atomic E-state index is 0.0766. The van der Waals surface area contributed by atoms with E-state index < -0.39 is 17.7 Å². The molecular weight excluding hydrogens is 542 g/mol. The van der Waals surface area contributed by atoms with Gasteiger partial charge in [-0.2, -0.15) is 0 Å². The van der Waals surface area contributed by atoms with Crippen LogP contribution in [0.5, 0.6) is 17.2 Å². The van der Waals surface area contributed by atoms with Crippen molar-refractivity contribution in [3.05, 3.63) is 59.2 Å². The second kappa shape index (κ2) is 18.2. The molecule has 1 atom stereocenters. The van der Waals surface area contributed by atoms with Gasteiger partial charge in [-0.15, -0.1) is 0 Å². The van der Waals surface area contributed by atoms with Gasteiger partial charge >= 0.3 is 0 Å². The Kier molecular flexibility index (Phi) is 14.4. The Bertz CT molecular complexity index is 1190. The molecule has 1 N–H and O–H groups in total. The summed E-state index contributed by atoms with van der Waals surface area (Å²) in [6.45, 7) is 2.69. The Morgan fingerprint density at radius 3 is 1.74 bits per heavy atom. The molecule has 7 heteroatoms. The van der Waals surface area contributed by atoms with E-state index in [1.54, 1.807) is 62.6 Å². The zero-order valence-electron chi connectivity index (χ0n) is 26.7. The number of carbonyl (C=O) groups is 2. The lowest BCUT2D eigenvalue weighted by Gasteiger charge is -2.26. The number of likely N-dealkylation sites (tertiary alicyclic amines) is 1. The third-order valence-corrected chi connectivity index (χ3v) is 8.38. The highest BCUT2D eigenvalue weighted by atomic mass is 16.5. The highest BCUT2D eigenvalue weighted by molar-refractivity contribution is 6.46. The molecule has 0 bridgehead atoms. The zero-order chi connectivity index (χ0) is 31.0. The highest BCUT2D eigenvalue weighted by Crippen LogP contribution is 2.42. The van der Waals surface area contributed by atoms with E-state index in [2.05, 4.69) is 6.92 Å². The lowest BCUT2D eigenvalue weighted by atomic mass is 9.94. The molecule has 1 aliphatic heterocycles. The fourth-order valence-corrected chi connectivity index (χ4v) is 5.86. The topological polar surface area (TPSA) is 85.3 Å². The number of methoxy groups -OCH3 is 3. The summed E-state index contributed by atoms with van der Waals surface area (Å²) in [6, 6.07) is 11.4. The molecule has 7 nitrogen and oxygen atoms in total. The summed E-state index contributed by atoms with van der Waals surface area (Å²) in [5.41, 5.74) is 1.20. The van der Waals surface area contributed by atoms with Gasteiger partial charge in [0.05, 0.1) is 32.9 Å². The zero-order valence-corrected chi connectivity index (χ0v) is 26.7. The van der Waals surface area contributed by atoms with Gasteiger partial charge in [-0.05, 0) is 48.4 Å².